The Balaban J connectivity index is 0.000000160. The molecule has 0 fully saturated rings. The molecule has 0 saturated carbocycles. The van der Waals surface area contributed by atoms with Crippen molar-refractivity contribution in [2.45, 2.75) is 0 Å². The third kappa shape index (κ3) is 17.6. The van der Waals surface area contributed by atoms with Gasteiger partial charge >= 0.3 is 0 Å². The lowest BCUT2D eigenvalue weighted by Crippen LogP contribution is -2.01. The molecule has 12 nitrogen and oxygen atoms in total. The first-order valence-corrected chi connectivity index (χ1v) is 41.8. The summed E-state index contributed by atoms with van der Waals surface area (Å²) in [6, 6.07) is 157. The average Bonchev–Trinajstić information content (AvgIpc) is 0.785. The number of benzene rings is 17. The average molecular weight is 1610 g/mol. The summed E-state index contributed by atoms with van der Waals surface area (Å²) in [5.74, 6) is 7.31. The molecule has 0 amide bonds. The van der Waals surface area contributed by atoms with Crippen LogP contribution in [-0.2, 0) is 0 Å². The third-order valence-electron chi connectivity index (χ3n) is 21.9. The predicted octanol–water partition coefficient (Wildman–Crippen LogP) is 27.8. The minimum absolute atomic E-state index is 0.584. The molecule has 0 spiro atoms. The Hall–Kier alpha value is -17.2. The second kappa shape index (κ2) is 36.0. The minimum Gasteiger partial charge on any atom is -0.208 e. The molecule has 0 aliphatic rings. The second-order valence-corrected chi connectivity index (χ2v) is 30.4. The van der Waals surface area contributed by atoms with E-state index in [9.17, 15) is 0 Å². The van der Waals surface area contributed by atoms with E-state index >= 15 is 0 Å². The van der Waals surface area contributed by atoms with Gasteiger partial charge in [-0.25, -0.2) is 59.8 Å². The van der Waals surface area contributed by atoms with Gasteiger partial charge in [-0.05, 0) is 145 Å². The Bertz CT molecular complexity index is 7180. The molecule has 0 saturated heterocycles. The van der Waals surface area contributed by atoms with E-state index < -0.39 is 0 Å². The van der Waals surface area contributed by atoms with Gasteiger partial charge in [0.05, 0.1) is 0 Å². The molecule has 21 aromatic rings. The van der Waals surface area contributed by atoms with Gasteiger partial charge in [-0.3, -0.25) is 0 Å². The fourth-order valence-corrected chi connectivity index (χ4v) is 15.5. The van der Waals surface area contributed by atoms with Crippen LogP contribution < -0.4 is 0 Å². The van der Waals surface area contributed by atoms with Gasteiger partial charge in [-0.15, -0.1) is 0 Å². The van der Waals surface area contributed by atoms with Crippen LogP contribution in [0.1, 0.15) is 0 Å². The molecule has 0 aliphatic carbocycles. The molecule has 0 aliphatic heterocycles. The van der Waals surface area contributed by atoms with Gasteiger partial charge in [0.2, 0.25) is 0 Å². The largest absolute Gasteiger partial charge is 0.208 e. The molecule has 592 valence electrons. The SMILES string of the molecule is c1ccc(-c2cc(-c3ccccc3)cc(-c3nc(-c4ccccc4)nc(-c4cccc(-c5cccc(-c6cccc(-c7nc(-c8ccccc8)nc(-c8ccccc8)n7)c6)c5)c4)n3)c2)cc1.c1ccc(-c2cc(-c3ccccc3)cc(-c3nc(-c4ccccc4)nc(-c4cccc(-c5cccc(-c6nc(-c7ccccc7)nc(-c7ccccc7)n6)c5)c4)n3)c2)cc1. The molecule has 17 aromatic carbocycles. The minimum atomic E-state index is 0.584. The maximum atomic E-state index is 5.22. The van der Waals surface area contributed by atoms with E-state index in [2.05, 4.69) is 243 Å². The highest BCUT2D eigenvalue weighted by Crippen LogP contribution is 2.40. The van der Waals surface area contributed by atoms with Crippen molar-refractivity contribution in [1.82, 2.24) is 59.8 Å². The number of rotatable bonds is 19. The number of aromatic nitrogens is 12. The molecule has 0 radical (unpaired) electrons. The van der Waals surface area contributed by atoms with Crippen molar-refractivity contribution < 1.29 is 0 Å². The van der Waals surface area contributed by atoms with E-state index in [1.54, 1.807) is 0 Å². The van der Waals surface area contributed by atoms with Gasteiger partial charge in [-0.1, -0.05) is 394 Å². The molecule has 4 aromatic heterocycles. The van der Waals surface area contributed by atoms with E-state index in [-0.39, 0.29) is 0 Å². The number of nitrogens with zero attached hydrogens (tertiary/aromatic N) is 12. The zero-order chi connectivity index (χ0) is 84.2. The summed E-state index contributed by atoms with van der Waals surface area (Å²) in [5, 5.41) is 0. The Morgan fingerprint density at radius 1 is 0.0714 bits per heavy atom. The summed E-state index contributed by atoms with van der Waals surface area (Å²) in [6.45, 7) is 0. The molecule has 0 N–H and O–H groups in total. The van der Waals surface area contributed by atoms with Gasteiger partial charge in [0, 0.05) is 66.8 Å². The van der Waals surface area contributed by atoms with Crippen LogP contribution >= 0.6 is 0 Å². The van der Waals surface area contributed by atoms with Crippen molar-refractivity contribution in [2.24, 2.45) is 0 Å². The summed E-state index contributed by atoms with van der Waals surface area (Å²) in [7, 11) is 0. The van der Waals surface area contributed by atoms with Crippen molar-refractivity contribution in [1.29, 1.82) is 0 Å². The lowest BCUT2D eigenvalue weighted by Gasteiger charge is -2.13. The van der Waals surface area contributed by atoms with Crippen LogP contribution in [0.25, 0.3) is 215 Å². The molecule has 0 atom stereocenters. The molecule has 0 unspecified atom stereocenters. The molecular formula is C114H76N12. The Labute approximate surface area is 730 Å². The molecule has 21 rings (SSSR count). The Kier molecular flexibility index (Phi) is 22.1. The zero-order valence-corrected chi connectivity index (χ0v) is 68.2. The summed E-state index contributed by atoms with van der Waals surface area (Å²) in [6.07, 6.45) is 0. The van der Waals surface area contributed by atoms with Crippen LogP contribution in [0.3, 0.4) is 0 Å². The molecule has 126 heavy (non-hydrogen) atoms. The molecule has 0 bridgehead atoms. The first-order valence-electron chi connectivity index (χ1n) is 41.8. The lowest BCUT2D eigenvalue weighted by molar-refractivity contribution is 1.07. The highest BCUT2D eigenvalue weighted by molar-refractivity contribution is 5.85. The maximum Gasteiger partial charge on any atom is 0.164 e. The van der Waals surface area contributed by atoms with Crippen molar-refractivity contribution in [3.05, 3.63) is 461 Å². The maximum absolute atomic E-state index is 5.22. The highest BCUT2D eigenvalue weighted by atomic mass is 15.1. The van der Waals surface area contributed by atoms with Gasteiger partial charge in [-0.2, -0.15) is 0 Å². The summed E-state index contributed by atoms with van der Waals surface area (Å²) in [5.41, 5.74) is 26.0. The summed E-state index contributed by atoms with van der Waals surface area (Å²) >= 11 is 0. The van der Waals surface area contributed by atoms with E-state index in [1.165, 1.54) is 0 Å². The van der Waals surface area contributed by atoms with Crippen LogP contribution in [0.5, 0.6) is 0 Å². The fourth-order valence-electron chi connectivity index (χ4n) is 15.5. The molecular weight excluding hydrogens is 1540 g/mol. The molecule has 12 heteroatoms. The Morgan fingerprint density at radius 2 is 0.175 bits per heavy atom. The number of hydrogen-bond acceptors (Lipinski definition) is 12. The van der Waals surface area contributed by atoms with Crippen molar-refractivity contribution >= 4 is 0 Å². The summed E-state index contributed by atoms with van der Waals surface area (Å²) in [4.78, 5) is 60.6. The van der Waals surface area contributed by atoms with Crippen LogP contribution in [-0.4, -0.2) is 59.8 Å². The fraction of sp³-hybridized carbons (Fsp3) is 0. The zero-order valence-electron chi connectivity index (χ0n) is 68.2. The smallest absolute Gasteiger partial charge is 0.164 e. The topological polar surface area (TPSA) is 155 Å². The van der Waals surface area contributed by atoms with Crippen LogP contribution in [0, 0.1) is 0 Å². The van der Waals surface area contributed by atoms with E-state index in [0.29, 0.717) is 69.9 Å². The molecule has 4 heterocycles. The van der Waals surface area contributed by atoms with E-state index in [1.807, 2.05) is 218 Å². The summed E-state index contributed by atoms with van der Waals surface area (Å²) < 4.78 is 0. The van der Waals surface area contributed by atoms with Crippen LogP contribution in [0.4, 0.5) is 0 Å². The van der Waals surface area contributed by atoms with E-state index in [0.717, 1.165) is 145 Å². The number of hydrogen-bond donors (Lipinski definition) is 0. The second-order valence-electron chi connectivity index (χ2n) is 30.4. The van der Waals surface area contributed by atoms with Gasteiger partial charge in [0.1, 0.15) is 0 Å². The van der Waals surface area contributed by atoms with Crippen molar-refractivity contribution in [3.63, 3.8) is 0 Å². The monoisotopic (exact) mass is 1610 g/mol. The first-order chi connectivity index (χ1) is 62.4. The van der Waals surface area contributed by atoms with Gasteiger partial charge in [0.25, 0.3) is 0 Å². The normalized spacial score (nSPS) is 11.0. The van der Waals surface area contributed by atoms with Gasteiger partial charge in [0.15, 0.2) is 69.9 Å². The van der Waals surface area contributed by atoms with E-state index in [4.69, 9.17) is 59.8 Å². The highest BCUT2D eigenvalue weighted by Gasteiger charge is 2.22. The van der Waals surface area contributed by atoms with Crippen LogP contribution in [0.15, 0.2) is 461 Å². The van der Waals surface area contributed by atoms with Crippen molar-refractivity contribution in [3.8, 4) is 215 Å². The lowest BCUT2D eigenvalue weighted by atomic mass is 9.95. The van der Waals surface area contributed by atoms with Gasteiger partial charge < -0.3 is 0 Å². The first kappa shape index (κ1) is 77.4. The predicted molar refractivity (Wildman–Crippen MR) is 510 cm³/mol. The quantitative estimate of drug-likeness (QED) is 0.0757. The van der Waals surface area contributed by atoms with Crippen LogP contribution in [0.2, 0.25) is 0 Å². The van der Waals surface area contributed by atoms with Crippen molar-refractivity contribution in [2.75, 3.05) is 0 Å². The standard InChI is InChI=1S/C60H40N6.C54H36N6/c1-6-19-41(20-7-1)52-38-53(42-21-8-2-9-22-42)40-54(39-52)60-65-57(45-27-14-5-15-28-45)64-59(66-60)51-34-18-32-49(37-51)47-30-16-29-46(35-47)48-31-17-33-50(36-48)58-62-55(43-23-10-3-11-24-43)61-56(63-58)44-25-12-4-13-26-44;1-6-18-37(19-7-1)46-34-47(38-20-8-2-9-21-38)36-48(35-46)54-59-51(41-26-14-5-15-27-41)58-53(60-54)45-31-17-29-43(33-45)42-28-16-30-44(32-42)52-56-49(39-22-10-3-11-23-39)55-50(57-52)40-24-12-4-13-25-40/h1-40H;1-36H. The third-order valence-corrected chi connectivity index (χ3v) is 21.9. The Morgan fingerprint density at radius 3 is 0.341 bits per heavy atom.